The Hall–Kier alpha value is -1.78. The van der Waals surface area contributed by atoms with Gasteiger partial charge in [-0.2, -0.15) is 0 Å². The maximum Gasteiger partial charge on any atom is 0.244 e. The van der Waals surface area contributed by atoms with Crippen molar-refractivity contribution in [2.24, 2.45) is 0 Å². The van der Waals surface area contributed by atoms with E-state index in [1.165, 1.54) is 0 Å². The molecule has 1 rings (SSSR count). The molecule has 0 spiro atoms. The fourth-order valence-corrected chi connectivity index (χ4v) is 1.89. The number of nitrogens with one attached hydrogen (secondary N) is 2. The zero-order valence-electron chi connectivity index (χ0n) is 12.2. The Morgan fingerprint density at radius 2 is 1.89 bits per heavy atom. The van der Waals surface area contributed by atoms with Crippen molar-refractivity contribution in [3.8, 4) is 0 Å². The number of rotatable bonds is 7. The van der Waals surface area contributed by atoms with Gasteiger partial charge in [0.1, 0.15) is 17.7 Å². The molecule has 1 aromatic heterocycles. The summed E-state index contributed by atoms with van der Waals surface area (Å²) in [4.78, 5) is 18.4. The van der Waals surface area contributed by atoms with Crippen LogP contribution in [0.3, 0.4) is 0 Å². The number of anilines is 2. The van der Waals surface area contributed by atoms with E-state index in [9.17, 15) is 4.79 Å². The van der Waals surface area contributed by atoms with Gasteiger partial charge in [-0.25, -0.2) is 4.98 Å². The van der Waals surface area contributed by atoms with Crippen molar-refractivity contribution in [1.29, 1.82) is 0 Å². The van der Waals surface area contributed by atoms with E-state index >= 15 is 0 Å². The standard InChI is InChI=1S/C14H24N4O/c1-5-15-12-9-8-10-13(17-12)16-11(4)14(19)18(6-2)7-3/h8-11H,5-7H2,1-4H3,(H2,15,16,17). The minimum absolute atomic E-state index is 0.0978. The van der Waals surface area contributed by atoms with Crippen LogP contribution < -0.4 is 10.6 Å². The van der Waals surface area contributed by atoms with Crippen LogP contribution >= 0.6 is 0 Å². The van der Waals surface area contributed by atoms with Gasteiger partial charge in [0, 0.05) is 19.6 Å². The molecule has 1 unspecified atom stereocenters. The van der Waals surface area contributed by atoms with Gasteiger partial charge >= 0.3 is 0 Å². The Kier molecular flexibility index (Phi) is 6.12. The minimum atomic E-state index is -0.274. The second-order valence-electron chi connectivity index (χ2n) is 4.31. The number of aromatic nitrogens is 1. The fraction of sp³-hybridized carbons (Fsp3) is 0.571. The first-order chi connectivity index (χ1) is 9.12. The third-order valence-corrected chi connectivity index (χ3v) is 2.92. The average Bonchev–Trinajstić information content (AvgIpc) is 2.40. The summed E-state index contributed by atoms with van der Waals surface area (Å²) in [6, 6.07) is 5.42. The summed E-state index contributed by atoms with van der Waals surface area (Å²) in [6.07, 6.45) is 0. The maximum atomic E-state index is 12.1. The number of nitrogens with zero attached hydrogens (tertiary/aromatic N) is 2. The van der Waals surface area contributed by atoms with E-state index in [2.05, 4.69) is 15.6 Å². The van der Waals surface area contributed by atoms with E-state index in [0.29, 0.717) is 5.82 Å². The van der Waals surface area contributed by atoms with Crippen LogP contribution in [-0.2, 0) is 4.79 Å². The van der Waals surface area contributed by atoms with Crippen molar-refractivity contribution in [3.05, 3.63) is 18.2 Å². The van der Waals surface area contributed by atoms with E-state index in [0.717, 1.165) is 25.5 Å². The zero-order chi connectivity index (χ0) is 14.3. The molecule has 5 heteroatoms. The van der Waals surface area contributed by atoms with Crippen molar-refractivity contribution in [3.63, 3.8) is 0 Å². The largest absolute Gasteiger partial charge is 0.370 e. The summed E-state index contributed by atoms with van der Waals surface area (Å²) >= 11 is 0. The number of hydrogen-bond acceptors (Lipinski definition) is 4. The van der Waals surface area contributed by atoms with Gasteiger partial charge in [0.05, 0.1) is 0 Å². The molecule has 1 amide bonds. The normalized spacial score (nSPS) is 11.8. The van der Waals surface area contributed by atoms with Crippen LogP contribution in [0.1, 0.15) is 27.7 Å². The van der Waals surface area contributed by atoms with Crippen LogP contribution in [-0.4, -0.2) is 41.5 Å². The number of pyridine rings is 1. The highest BCUT2D eigenvalue weighted by Crippen LogP contribution is 2.11. The lowest BCUT2D eigenvalue weighted by Crippen LogP contribution is -2.41. The summed E-state index contributed by atoms with van der Waals surface area (Å²) in [6.45, 7) is 10.1. The van der Waals surface area contributed by atoms with Gasteiger partial charge in [0.25, 0.3) is 0 Å². The van der Waals surface area contributed by atoms with Crippen LogP contribution in [0.15, 0.2) is 18.2 Å². The van der Waals surface area contributed by atoms with Gasteiger partial charge in [-0.05, 0) is 39.8 Å². The molecule has 0 aliphatic carbocycles. The Morgan fingerprint density at radius 3 is 2.47 bits per heavy atom. The molecular formula is C14H24N4O. The van der Waals surface area contributed by atoms with E-state index in [4.69, 9.17) is 0 Å². The van der Waals surface area contributed by atoms with Crippen LogP contribution in [0, 0.1) is 0 Å². The fourth-order valence-electron chi connectivity index (χ4n) is 1.89. The van der Waals surface area contributed by atoms with Crippen molar-refractivity contribution in [1.82, 2.24) is 9.88 Å². The summed E-state index contributed by atoms with van der Waals surface area (Å²) < 4.78 is 0. The molecule has 0 bridgehead atoms. The summed E-state index contributed by atoms with van der Waals surface area (Å²) in [5.41, 5.74) is 0. The van der Waals surface area contributed by atoms with E-state index < -0.39 is 0 Å². The monoisotopic (exact) mass is 264 g/mol. The van der Waals surface area contributed by atoms with Gasteiger partial charge in [-0.1, -0.05) is 6.07 Å². The van der Waals surface area contributed by atoms with Crippen molar-refractivity contribution in [2.45, 2.75) is 33.7 Å². The topological polar surface area (TPSA) is 57.3 Å². The number of hydrogen-bond donors (Lipinski definition) is 2. The smallest absolute Gasteiger partial charge is 0.244 e. The van der Waals surface area contributed by atoms with Gasteiger partial charge in [-0.3, -0.25) is 4.79 Å². The number of carbonyl (C=O) groups is 1. The van der Waals surface area contributed by atoms with Crippen molar-refractivity contribution in [2.75, 3.05) is 30.3 Å². The third kappa shape index (κ3) is 4.43. The highest BCUT2D eigenvalue weighted by Gasteiger charge is 2.18. The van der Waals surface area contributed by atoms with Crippen molar-refractivity contribution >= 4 is 17.5 Å². The summed E-state index contributed by atoms with van der Waals surface area (Å²) in [7, 11) is 0. The van der Waals surface area contributed by atoms with Gasteiger partial charge < -0.3 is 15.5 Å². The first-order valence-electron chi connectivity index (χ1n) is 6.88. The lowest BCUT2D eigenvalue weighted by molar-refractivity contribution is -0.131. The van der Waals surface area contributed by atoms with E-state index in [1.54, 1.807) is 0 Å². The van der Waals surface area contributed by atoms with Crippen LogP contribution in [0.4, 0.5) is 11.6 Å². The van der Waals surface area contributed by atoms with Crippen LogP contribution in [0.25, 0.3) is 0 Å². The lowest BCUT2D eigenvalue weighted by Gasteiger charge is -2.23. The van der Waals surface area contributed by atoms with Gasteiger partial charge in [-0.15, -0.1) is 0 Å². The summed E-state index contributed by atoms with van der Waals surface area (Å²) in [5.74, 6) is 1.63. The quantitative estimate of drug-likeness (QED) is 0.792. The second-order valence-corrected chi connectivity index (χ2v) is 4.31. The zero-order valence-corrected chi connectivity index (χ0v) is 12.2. The number of likely N-dealkylation sites (N-methyl/N-ethyl adjacent to an activating group) is 1. The number of amides is 1. The molecule has 0 aliphatic rings. The molecule has 0 saturated carbocycles. The first kappa shape index (κ1) is 15.3. The Labute approximate surface area is 115 Å². The molecule has 0 saturated heterocycles. The molecule has 5 nitrogen and oxygen atoms in total. The highest BCUT2D eigenvalue weighted by molar-refractivity contribution is 5.84. The summed E-state index contributed by atoms with van der Waals surface area (Å²) in [5, 5.41) is 6.30. The molecule has 1 atom stereocenters. The second kappa shape index (κ2) is 7.61. The molecule has 0 aromatic carbocycles. The molecule has 0 aliphatic heterocycles. The Morgan fingerprint density at radius 1 is 1.26 bits per heavy atom. The van der Waals surface area contributed by atoms with Gasteiger partial charge in [0.2, 0.25) is 5.91 Å². The first-order valence-corrected chi connectivity index (χ1v) is 6.88. The van der Waals surface area contributed by atoms with E-state index in [-0.39, 0.29) is 11.9 Å². The Bertz CT molecular complexity index is 404. The number of carbonyl (C=O) groups excluding carboxylic acids is 1. The molecule has 2 N–H and O–H groups in total. The predicted molar refractivity (Wildman–Crippen MR) is 79.4 cm³/mol. The highest BCUT2D eigenvalue weighted by atomic mass is 16.2. The molecular weight excluding hydrogens is 240 g/mol. The molecule has 19 heavy (non-hydrogen) atoms. The SMILES string of the molecule is CCNc1cccc(NC(C)C(=O)N(CC)CC)n1. The van der Waals surface area contributed by atoms with Crippen molar-refractivity contribution < 1.29 is 4.79 Å². The average molecular weight is 264 g/mol. The Balaban J connectivity index is 2.68. The van der Waals surface area contributed by atoms with E-state index in [1.807, 2.05) is 50.8 Å². The van der Waals surface area contributed by atoms with Gasteiger partial charge in [0.15, 0.2) is 0 Å². The van der Waals surface area contributed by atoms with Crippen LogP contribution in [0.2, 0.25) is 0 Å². The minimum Gasteiger partial charge on any atom is -0.370 e. The molecule has 1 heterocycles. The maximum absolute atomic E-state index is 12.1. The third-order valence-electron chi connectivity index (χ3n) is 2.92. The molecule has 106 valence electrons. The molecule has 0 fully saturated rings. The molecule has 1 aromatic rings. The van der Waals surface area contributed by atoms with Crippen LogP contribution in [0.5, 0.6) is 0 Å². The lowest BCUT2D eigenvalue weighted by atomic mass is 10.2. The predicted octanol–water partition coefficient (Wildman–Crippen LogP) is 2.18. The molecule has 0 radical (unpaired) electrons.